The van der Waals surface area contributed by atoms with Crippen LogP contribution in [-0.4, -0.2) is 37.2 Å². The third kappa shape index (κ3) is 8.41. The van der Waals surface area contributed by atoms with E-state index in [1.54, 1.807) is 66.7 Å². The Bertz CT molecular complexity index is 1570. The average molecular weight is 590 g/mol. The van der Waals surface area contributed by atoms with Gasteiger partial charge in [-0.25, -0.2) is 13.2 Å². The van der Waals surface area contributed by atoms with E-state index in [4.69, 9.17) is 21.4 Å². The van der Waals surface area contributed by atoms with Crippen LogP contribution in [0.15, 0.2) is 107 Å². The fourth-order valence-electron chi connectivity index (χ4n) is 4.04. The number of aliphatic hydroxyl groups excluding tert-OH is 1. The Morgan fingerprint density at radius 3 is 2.25 bits per heavy atom. The number of aliphatic hydroxyl groups is 1. The molecule has 0 heterocycles. The second-order valence-corrected chi connectivity index (χ2v) is 11.5. The number of hydrogen-bond acceptors (Lipinski definition) is 6. The van der Waals surface area contributed by atoms with Gasteiger partial charge in [0.1, 0.15) is 11.5 Å². The normalized spacial score (nSPS) is 12.7. The summed E-state index contributed by atoms with van der Waals surface area (Å²) >= 11 is 6.00. The minimum Gasteiger partial charge on any atom is -1.00 e. The smallest absolute Gasteiger partial charge is 1.00 e. The van der Waals surface area contributed by atoms with Gasteiger partial charge in [-0.15, -0.1) is 0 Å². The predicted octanol–water partition coefficient (Wildman–Crippen LogP) is 3.03. The summed E-state index contributed by atoms with van der Waals surface area (Å²) in [5.41, 5.74) is 1.75. The molecule has 204 valence electrons. The number of rotatable bonds is 11. The molecule has 0 bridgehead atoms. The zero-order valence-electron chi connectivity index (χ0n) is 23.1. The summed E-state index contributed by atoms with van der Waals surface area (Å²) in [5.74, 6) is -0.521. The number of hydrogen-bond donors (Lipinski definition) is 3. The summed E-state index contributed by atoms with van der Waals surface area (Å²) < 4.78 is 32.3. The van der Waals surface area contributed by atoms with Crippen LogP contribution >= 0.6 is 11.6 Å². The second-order valence-electron chi connectivity index (χ2n) is 9.14. The van der Waals surface area contributed by atoms with Gasteiger partial charge in [0.05, 0.1) is 21.5 Å². The first kappa shape index (κ1) is 31.8. The zero-order valence-corrected chi connectivity index (χ0v) is 25.7. The van der Waals surface area contributed by atoms with Gasteiger partial charge in [-0.2, -0.15) is 0 Å². The quantitative estimate of drug-likeness (QED) is 0.231. The van der Waals surface area contributed by atoms with Gasteiger partial charge in [0.2, 0.25) is 9.84 Å². The average Bonchev–Trinajstić information content (AvgIpc) is 2.92. The zero-order chi connectivity index (χ0) is 28.0. The van der Waals surface area contributed by atoms with E-state index >= 15 is 0 Å². The van der Waals surface area contributed by atoms with E-state index in [1.165, 1.54) is 24.3 Å². The molecule has 2 atom stereocenters. The maximum absolute atomic E-state index is 13.3. The van der Waals surface area contributed by atoms with E-state index in [-0.39, 0.29) is 63.9 Å². The molecule has 4 aromatic carbocycles. The van der Waals surface area contributed by atoms with Crippen molar-refractivity contribution in [3.63, 3.8) is 0 Å². The number of aromatic carboxylic acids is 1. The molecule has 0 aliphatic rings. The third-order valence-electron chi connectivity index (χ3n) is 6.10. The number of carbonyl (C=O) groups is 1. The van der Waals surface area contributed by atoms with Crippen molar-refractivity contribution in [3.8, 4) is 11.5 Å². The summed E-state index contributed by atoms with van der Waals surface area (Å²) in [6, 6.07) is 25.9. The molecule has 10 heteroatoms. The van der Waals surface area contributed by atoms with Gasteiger partial charge in [-0.05, 0) is 85.1 Å². The van der Waals surface area contributed by atoms with Crippen molar-refractivity contribution in [1.82, 2.24) is 5.32 Å². The summed E-state index contributed by atoms with van der Waals surface area (Å²) in [4.78, 5) is 11.4. The van der Waals surface area contributed by atoms with Gasteiger partial charge in [0, 0.05) is 17.6 Å². The van der Waals surface area contributed by atoms with E-state index in [0.29, 0.717) is 18.0 Å². The van der Waals surface area contributed by atoms with E-state index in [0.717, 1.165) is 11.1 Å². The van der Waals surface area contributed by atoms with Crippen molar-refractivity contribution in [2.75, 3.05) is 6.54 Å². The summed E-state index contributed by atoms with van der Waals surface area (Å²) in [7, 11) is -3.81. The minimum absolute atomic E-state index is 0. The molecule has 0 aromatic heterocycles. The molecule has 7 nitrogen and oxygen atoms in total. The molecule has 0 spiro atoms. The molecule has 0 aliphatic carbocycles. The van der Waals surface area contributed by atoms with Crippen molar-refractivity contribution >= 4 is 27.4 Å². The predicted molar refractivity (Wildman–Crippen MR) is 151 cm³/mol. The topological polar surface area (TPSA) is 113 Å². The maximum atomic E-state index is 13.3. The van der Waals surface area contributed by atoms with Crippen LogP contribution in [0.5, 0.6) is 11.5 Å². The molecule has 4 aromatic rings. The van der Waals surface area contributed by atoms with Crippen molar-refractivity contribution in [2.24, 2.45) is 0 Å². The Morgan fingerprint density at radius 2 is 1.57 bits per heavy atom. The number of ether oxygens (including phenoxy) is 1. The minimum atomic E-state index is -3.81. The first-order chi connectivity index (χ1) is 18.6. The van der Waals surface area contributed by atoms with E-state index in [1.807, 2.05) is 13.0 Å². The van der Waals surface area contributed by atoms with Gasteiger partial charge in [-0.3, -0.25) is 0 Å². The standard InChI is InChI=1S/C30H28ClNO6S.Na.H/c1-20(32-19-29(33)22-5-2-7-24(31)16-22)15-21-11-13-27(14-12-21)39(36,37)28-10-4-9-26(18-28)38-25-8-3-6-23(17-25)30(34)35;;/h2-14,16-18,20,29,32-33H,15,19H2,1H3,(H,34,35);;/q;+1;-1/t20-,29-;;/m1../s1. The molecule has 0 saturated carbocycles. The molecule has 0 unspecified atom stereocenters. The van der Waals surface area contributed by atoms with Crippen LogP contribution < -0.4 is 39.6 Å². The molecule has 3 N–H and O–H groups in total. The van der Waals surface area contributed by atoms with Crippen LogP contribution in [0.3, 0.4) is 0 Å². The number of halogens is 1. The number of nitrogens with one attached hydrogen (secondary N) is 1. The van der Waals surface area contributed by atoms with Crippen LogP contribution in [0.2, 0.25) is 5.02 Å². The molecule has 0 amide bonds. The SMILES string of the molecule is C[C@H](Cc1ccc(S(=O)(=O)c2cccc(Oc3cccc(C(=O)O)c3)c2)cc1)NC[C@@H](O)c1cccc(Cl)c1.[H-].[Na+]. The molecule has 0 radical (unpaired) electrons. The molecule has 0 fully saturated rings. The fourth-order valence-corrected chi connectivity index (χ4v) is 5.54. The molecule has 40 heavy (non-hydrogen) atoms. The Hall–Kier alpha value is -2.69. The van der Waals surface area contributed by atoms with Crippen LogP contribution in [0.4, 0.5) is 0 Å². The molecule has 0 saturated heterocycles. The monoisotopic (exact) mass is 589 g/mol. The summed E-state index contributed by atoms with van der Waals surface area (Å²) in [6.45, 7) is 2.35. The van der Waals surface area contributed by atoms with Crippen LogP contribution in [-0.2, 0) is 16.3 Å². The van der Waals surface area contributed by atoms with Crippen molar-refractivity contribution in [2.45, 2.75) is 35.3 Å². The van der Waals surface area contributed by atoms with Gasteiger partial charge in [0.25, 0.3) is 0 Å². The number of sulfone groups is 1. The van der Waals surface area contributed by atoms with Crippen LogP contribution in [0, 0.1) is 0 Å². The van der Waals surface area contributed by atoms with E-state index < -0.39 is 21.9 Å². The Kier molecular flexibility index (Phi) is 11.4. The first-order valence-corrected chi connectivity index (χ1v) is 14.1. The van der Waals surface area contributed by atoms with Crippen molar-refractivity contribution in [1.29, 1.82) is 0 Å². The Balaban J connectivity index is 0.00000294. The van der Waals surface area contributed by atoms with Gasteiger partial charge < -0.3 is 21.7 Å². The second kappa shape index (κ2) is 14.3. The largest absolute Gasteiger partial charge is 1.00 e. The van der Waals surface area contributed by atoms with Crippen LogP contribution in [0.25, 0.3) is 0 Å². The van der Waals surface area contributed by atoms with E-state index in [9.17, 15) is 18.3 Å². The first-order valence-electron chi connectivity index (χ1n) is 12.2. The summed E-state index contributed by atoms with van der Waals surface area (Å²) in [6.07, 6.45) is -0.0547. The van der Waals surface area contributed by atoms with Gasteiger partial charge in [0.15, 0.2) is 0 Å². The Labute approximate surface area is 262 Å². The van der Waals surface area contributed by atoms with Gasteiger partial charge in [-0.1, -0.05) is 48.0 Å². The summed E-state index contributed by atoms with van der Waals surface area (Å²) in [5, 5.41) is 23.4. The number of benzene rings is 4. The third-order valence-corrected chi connectivity index (χ3v) is 8.10. The van der Waals surface area contributed by atoms with E-state index in [2.05, 4.69) is 5.32 Å². The van der Waals surface area contributed by atoms with Crippen molar-refractivity contribution < 1.29 is 59.1 Å². The molecule has 0 aliphatic heterocycles. The number of carboxylic acids is 1. The van der Waals surface area contributed by atoms with Crippen LogP contribution in [0.1, 0.15) is 35.9 Å². The molecule has 4 rings (SSSR count). The fraction of sp³-hybridized carbons (Fsp3) is 0.167. The molecular formula is C30H29ClNNaO6S. The number of carboxylic acid groups (broad SMARTS) is 1. The van der Waals surface area contributed by atoms with Gasteiger partial charge >= 0.3 is 35.5 Å². The maximum Gasteiger partial charge on any atom is 1.00 e. The molecular weight excluding hydrogens is 561 g/mol. The Morgan fingerprint density at radius 1 is 0.925 bits per heavy atom. The van der Waals surface area contributed by atoms with Crippen molar-refractivity contribution in [3.05, 3.63) is 119 Å².